The minimum atomic E-state index is -3.65. The van der Waals surface area contributed by atoms with Gasteiger partial charge in [-0.1, -0.05) is 48.5 Å². The van der Waals surface area contributed by atoms with Gasteiger partial charge in [0.25, 0.3) is 5.91 Å². The molecule has 0 aliphatic rings. The van der Waals surface area contributed by atoms with Gasteiger partial charge in [-0.3, -0.25) is 4.79 Å². The lowest BCUT2D eigenvalue weighted by molar-refractivity contribution is 0.102. The summed E-state index contributed by atoms with van der Waals surface area (Å²) in [6, 6.07) is 21.9. The van der Waals surface area contributed by atoms with Gasteiger partial charge in [-0.2, -0.15) is 0 Å². The predicted molar refractivity (Wildman–Crippen MR) is 122 cm³/mol. The molecule has 31 heavy (non-hydrogen) atoms. The van der Waals surface area contributed by atoms with E-state index in [0.717, 1.165) is 16.3 Å². The van der Waals surface area contributed by atoms with Crippen molar-refractivity contribution in [2.75, 3.05) is 26.5 Å². The van der Waals surface area contributed by atoms with Crippen LogP contribution in [0, 0.1) is 0 Å². The Morgan fingerprint density at radius 2 is 1.61 bits per heavy atom. The Hall–Kier alpha value is -3.16. The van der Waals surface area contributed by atoms with Gasteiger partial charge >= 0.3 is 0 Å². The molecule has 0 aliphatic heterocycles. The molecule has 0 radical (unpaired) electrons. The highest BCUT2D eigenvalue weighted by molar-refractivity contribution is 7.89. The first kappa shape index (κ1) is 22.5. The highest BCUT2D eigenvalue weighted by atomic mass is 32.2. The quantitative estimate of drug-likeness (QED) is 0.577. The number of ether oxygens (including phenoxy) is 1. The first-order valence-electron chi connectivity index (χ1n) is 9.86. The number of hydrogen-bond donors (Lipinski definition) is 1. The molecule has 162 valence electrons. The van der Waals surface area contributed by atoms with Gasteiger partial charge in [0.05, 0.1) is 17.7 Å². The SMILES string of the molecule is COc1ccc(S(=O)(=O)N(C)C)cc1NC(=O)c1ccccc1CCc1ccccc1. The van der Waals surface area contributed by atoms with Crippen molar-refractivity contribution in [1.82, 2.24) is 4.31 Å². The maximum Gasteiger partial charge on any atom is 0.256 e. The molecule has 0 aromatic heterocycles. The number of methoxy groups -OCH3 is 1. The number of benzene rings is 3. The molecule has 3 rings (SSSR count). The third kappa shape index (κ3) is 5.31. The third-order valence-electron chi connectivity index (χ3n) is 4.99. The van der Waals surface area contributed by atoms with E-state index in [4.69, 9.17) is 4.74 Å². The van der Waals surface area contributed by atoms with Crippen molar-refractivity contribution in [2.24, 2.45) is 0 Å². The minimum Gasteiger partial charge on any atom is -0.495 e. The summed E-state index contributed by atoms with van der Waals surface area (Å²) in [6.45, 7) is 0. The monoisotopic (exact) mass is 438 g/mol. The molecule has 0 atom stereocenters. The number of carbonyl (C=O) groups excluding carboxylic acids is 1. The second-order valence-corrected chi connectivity index (χ2v) is 9.40. The van der Waals surface area contributed by atoms with E-state index >= 15 is 0 Å². The average Bonchev–Trinajstić information content (AvgIpc) is 2.78. The van der Waals surface area contributed by atoms with Crippen molar-refractivity contribution in [3.05, 3.63) is 89.5 Å². The number of nitrogens with one attached hydrogen (secondary N) is 1. The molecule has 6 nitrogen and oxygen atoms in total. The Bertz CT molecular complexity index is 1160. The van der Waals surface area contributed by atoms with Crippen LogP contribution >= 0.6 is 0 Å². The summed E-state index contributed by atoms with van der Waals surface area (Å²) in [5.41, 5.74) is 2.95. The molecule has 0 unspecified atom stereocenters. The predicted octanol–water partition coefficient (Wildman–Crippen LogP) is 3.98. The van der Waals surface area contributed by atoms with Crippen molar-refractivity contribution < 1.29 is 17.9 Å². The van der Waals surface area contributed by atoms with E-state index in [2.05, 4.69) is 17.4 Å². The van der Waals surface area contributed by atoms with Crippen molar-refractivity contribution in [3.8, 4) is 5.75 Å². The number of amides is 1. The fourth-order valence-corrected chi connectivity index (χ4v) is 4.16. The van der Waals surface area contributed by atoms with Crippen molar-refractivity contribution in [3.63, 3.8) is 0 Å². The number of aryl methyl sites for hydroxylation is 2. The second-order valence-electron chi connectivity index (χ2n) is 7.25. The Balaban J connectivity index is 1.86. The van der Waals surface area contributed by atoms with Crippen LogP contribution in [0.3, 0.4) is 0 Å². The highest BCUT2D eigenvalue weighted by Crippen LogP contribution is 2.29. The summed E-state index contributed by atoms with van der Waals surface area (Å²) < 4.78 is 31.4. The molecular weight excluding hydrogens is 412 g/mol. The highest BCUT2D eigenvalue weighted by Gasteiger charge is 2.20. The van der Waals surface area contributed by atoms with Crippen molar-refractivity contribution in [2.45, 2.75) is 17.7 Å². The summed E-state index contributed by atoms with van der Waals surface area (Å²) >= 11 is 0. The van der Waals surface area contributed by atoms with Crippen LogP contribution in [0.15, 0.2) is 77.7 Å². The molecule has 3 aromatic rings. The molecule has 1 amide bonds. The van der Waals surface area contributed by atoms with Gasteiger partial charge in [-0.15, -0.1) is 0 Å². The number of anilines is 1. The number of nitrogens with zero attached hydrogens (tertiary/aromatic N) is 1. The molecule has 0 bridgehead atoms. The zero-order chi connectivity index (χ0) is 22.4. The minimum absolute atomic E-state index is 0.0750. The van der Waals surface area contributed by atoms with E-state index in [1.54, 1.807) is 6.07 Å². The van der Waals surface area contributed by atoms with E-state index in [0.29, 0.717) is 23.4 Å². The molecule has 0 saturated carbocycles. The lowest BCUT2D eigenvalue weighted by Crippen LogP contribution is -2.22. The van der Waals surface area contributed by atoms with E-state index in [1.807, 2.05) is 36.4 Å². The van der Waals surface area contributed by atoms with Crippen LogP contribution in [0.25, 0.3) is 0 Å². The maximum atomic E-state index is 13.1. The fourth-order valence-electron chi connectivity index (χ4n) is 3.23. The summed E-state index contributed by atoms with van der Waals surface area (Å²) in [4.78, 5) is 13.2. The molecule has 0 spiro atoms. The molecule has 0 heterocycles. The normalized spacial score (nSPS) is 11.4. The van der Waals surface area contributed by atoms with Gasteiger partial charge in [0.2, 0.25) is 10.0 Å². The topological polar surface area (TPSA) is 75.7 Å². The van der Waals surface area contributed by atoms with Gasteiger partial charge in [0, 0.05) is 19.7 Å². The maximum absolute atomic E-state index is 13.1. The van der Waals surface area contributed by atoms with Gasteiger partial charge in [0.15, 0.2) is 0 Å². The summed E-state index contributed by atoms with van der Waals surface area (Å²) in [7, 11) is 0.744. The Labute approximate surface area is 183 Å². The van der Waals surface area contributed by atoms with Crippen LogP contribution in [-0.4, -0.2) is 39.8 Å². The van der Waals surface area contributed by atoms with E-state index in [1.165, 1.54) is 45.0 Å². The Morgan fingerprint density at radius 1 is 0.935 bits per heavy atom. The number of rotatable bonds is 8. The summed E-state index contributed by atoms with van der Waals surface area (Å²) in [5.74, 6) is 0.0641. The van der Waals surface area contributed by atoms with Crippen LogP contribution in [0.1, 0.15) is 21.5 Å². The van der Waals surface area contributed by atoms with E-state index in [9.17, 15) is 13.2 Å². The first-order valence-corrected chi connectivity index (χ1v) is 11.3. The fraction of sp³-hybridized carbons (Fsp3) is 0.208. The van der Waals surface area contributed by atoms with Gasteiger partial charge < -0.3 is 10.1 Å². The lowest BCUT2D eigenvalue weighted by atomic mass is 9.99. The Kier molecular flexibility index (Phi) is 7.09. The third-order valence-corrected chi connectivity index (χ3v) is 6.80. The van der Waals surface area contributed by atoms with Gasteiger partial charge in [-0.05, 0) is 48.2 Å². The molecule has 3 aromatic carbocycles. The standard InChI is InChI=1S/C24H26N2O4S/c1-26(2)31(28,29)20-15-16-23(30-3)22(17-20)25-24(27)21-12-8-7-11-19(21)14-13-18-9-5-4-6-10-18/h4-12,15-17H,13-14H2,1-3H3,(H,25,27). The van der Waals surface area contributed by atoms with Gasteiger partial charge in [0.1, 0.15) is 5.75 Å². The van der Waals surface area contributed by atoms with Crippen molar-refractivity contribution in [1.29, 1.82) is 0 Å². The Morgan fingerprint density at radius 3 is 2.29 bits per heavy atom. The number of hydrogen-bond acceptors (Lipinski definition) is 4. The molecule has 0 saturated heterocycles. The molecular formula is C24H26N2O4S. The van der Waals surface area contributed by atoms with Gasteiger partial charge in [-0.25, -0.2) is 12.7 Å². The molecule has 0 fully saturated rings. The van der Waals surface area contributed by atoms with Crippen LogP contribution in [0.2, 0.25) is 0 Å². The molecule has 1 N–H and O–H groups in total. The van der Waals surface area contributed by atoms with Crippen molar-refractivity contribution >= 4 is 21.6 Å². The second kappa shape index (κ2) is 9.76. The summed E-state index contributed by atoms with van der Waals surface area (Å²) in [6.07, 6.45) is 1.52. The number of sulfonamides is 1. The van der Waals surface area contributed by atoms with Crippen LogP contribution in [0.5, 0.6) is 5.75 Å². The van der Waals surface area contributed by atoms with Crippen LogP contribution in [-0.2, 0) is 22.9 Å². The number of carbonyl (C=O) groups is 1. The molecule has 0 aliphatic carbocycles. The van der Waals surface area contributed by atoms with Crippen LogP contribution in [0.4, 0.5) is 5.69 Å². The first-order chi connectivity index (χ1) is 14.8. The van der Waals surface area contributed by atoms with Crippen LogP contribution < -0.4 is 10.1 Å². The average molecular weight is 439 g/mol. The summed E-state index contributed by atoms with van der Waals surface area (Å²) in [5, 5.41) is 2.82. The largest absolute Gasteiger partial charge is 0.495 e. The van der Waals surface area contributed by atoms with E-state index in [-0.39, 0.29) is 10.8 Å². The smallest absolute Gasteiger partial charge is 0.256 e. The zero-order valence-electron chi connectivity index (χ0n) is 17.8. The van der Waals surface area contributed by atoms with E-state index < -0.39 is 10.0 Å². The molecule has 7 heteroatoms. The lowest BCUT2D eigenvalue weighted by Gasteiger charge is -2.16. The zero-order valence-corrected chi connectivity index (χ0v) is 18.6.